The molecule has 0 fully saturated rings. The second-order valence-corrected chi connectivity index (χ2v) is 4.37. The maximum atomic E-state index is 10.6. The fourth-order valence-corrected chi connectivity index (χ4v) is 1.69. The van der Waals surface area contributed by atoms with Gasteiger partial charge in [0, 0.05) is 4.47 Å². The van der Waals surface area contributed by atoms with Crippen LogP contribution in [0.3, 0.4) is 0 Å². The van der Waals surface area contributed by atoms with Gasteiger partial charge in [0.25, 0.3) is 0 Å². The van der Waals surface area contributed by atoms with Crippen molar-refractivity contribution in [3.8, 4) is 0 Å². The number of hydrogen-bond donors (Lipinski definition) is 2. The van der Waals surface area contributed by atoms with Crippen molar-refractivity contribution in [2.45, 2.75) is 12.5 Å². The Balaban J connectivity index is 2.95. The second kappa shape index (κ2) is 5.86. The minimum atomic E-state index is -0.988. The molecule has 0 aliphatic carbocycles. The van der Waals surface area contributed by atoms with E-state index in [1.54, 1.807) is 18.2 Å². The van der Waals surface area contributed by atoms with Crippen LogP contribution in [-0.2, 0) is 9.59 Å². The summed E-state index contributed by atoms with van der Waals surface area (Å²) in [4.78, 5) is 21.0. The van der Waals surface area contributed by atoms with E-state index in [4.69, 9.17) is 16.7 Å². The van der Waals surface area contributed by atoms with E-state index in [1.807, 2.05) is 0 Å². The molecule has 1 aromatic carbocycles. The van der Waals surface area contributed by atoms with Crippen molar-refractivity contribution in [1.29, 1.82) is 0 Å². The first-order valence-electron chi connectivity index (χ1n) is 4.41. The molecule has 0 unspecified atom stereocenters. The lowest BCUT2D eigenvalue weighted by molar-refractivity contribution is -0.137. The lowest BCUT2D eigenvalue weighted by Gasteiger charge is -2.14. The summed E-state index contributed by atoms with van der Waals surface area (Å²) < 4.78 is 0.720. The van der Waals surface area contributed by atoms with Crippen LogP contribution in [0.5, 0.6) is 0 Å². The van der Waals surface area contributed by atoms with Crippen LogP contribution >= 0.6 is 27.5 Å². The molecule has 0 aliphatic rings. The molecule has 0 bridgehead atoms. The number of rotatable bonds is 5. The first-order valence-corrected chi connectivity index (χ1v) is 5.58. The Hall–Kier alpha value is -1.07. The maximum absolute atomic E-state index is 10.6. The molecular weight excluding hydrogens is 297 g/mol. The lowest BCUT2D eigenvalue weighted by atomic mass is 10.0. The molecule has 1 aromatic rings. The molecule has 6 heteroatoms. The summed E-state index contributed by atoms with van der Waals surface area (Å²) in [5.74, 6) is -0.988. The summed E-state index contributed by atoms with van der Waals surface area (Å²) in [5, 5.41) is 11.6. The Labute approximate surface area is 106 Å². The molecule has 1 rings (SSSR count). The number of carboxylic acids is 1. The van der Waals surface area contributed by atoms with Crippen molar-refractivity contribution in [2.24, 2.45) is 0 Å². The van der Waals surface area contributed by atoms with Crippen LogP contribution in [0.25, 0.3) is 0 Å². The summed E-state index contributed by atoms with van der Waals surface area (Å²) in [7, 11) is 0. The Kier molecular flexibility index (Phi) is 4.76. The van der Waals surface area contributed by atoms with Gasteiger partial charge in [-0.3, -0.25) is 9.59 Å². The Bertz CT molecular complexity index is 411. The third kappa shape index (κ3) is 3.50. The molecule has 16 heavy (non-hydrogen) atoms. The molecule has 4 nitrogen and oxygen atoms in total. The Morgan fingerprint density at radius 2 is 2.31 bits per heavy atom. The number of amides is 1. The first kappa shape index (κ1) is 13.0. The summed E-state index contributed by atoms with van der Waals surface area (Å²) in [5.41, 5.74) is 0.655. The van der Waals surface area contributed by atoms with Crippen LogP contribution in [0.2, 0.25) is 5.02 Å². The summed E-state index contributed by atoms with van der Waals surface area (Å²) in [6.45, 7) is 0. The first-order chi connectivity index (χ1) is 7.54. The molecule has 0 saturated heterocycles. The fraction of sp³-hybridized carbons (Fsp3) is 0.200. The number of benzene rings is 1. The molecule has 1 atom stereocenters. The number of hydrogen-bond acceptors (Lipinski definition) is 2. The van der Waals surface area contributed by atoms with Crippen molar-refractivity contribution in [3.05, 3.63) is 33.3 Å². The Morgan fingerprint density at radius 3 is 2.81 bits per heavy atom. The van der Waals surface area contributed by atoms with E-state index in [1.165, 1.54) is 0 Å². The topological polar surface area (TPSA) is 66.4 Å². The van der Waals surface area contributed by atoms with Crippen LogP contribution in [0.4, 0.5) is 0 Å². The van der Waals surface area contributed by atoms with E-state index in [9.17, 15) is 9.59 Å². The molecule has 0 radical (unpaired) electrons. The SMILES string of the molecule is O=CN[C@H](CC(=O)O)c1ccc(Br)c(Cl)c1. The number of carboxylic acid groups (broad SMARTS) is 1. The number of nitrogens with one attached hydrogen (secondary N) is 1. The van der Waals surface area contributed by atoms with Crippen LogP contribution in [0.1, 0.15) is 18.0 Å². The smallest absolute Gasteiger partial charge is 0.305 e. The highest BCUT2D eigenvalue weighted by Gasteiger charge is 2.15. The molecule has 0 aliphatic heterocycles. The molecule has 0 spiro atoms. The van der Waals surface area contributed by atoms with Crippen LogP contribution in [0, 0.1) is 0 Å². The van der Waals surface area contributed by atoms with E-state index >= 15 is 0 Å². The van der Waals surface area contributed by atoms with Gasteiger partial charge in [0.2, 0.25) is 6.41 Å². The second-order valence-electron chi connectivity index (χ2n) is 3.11. The number of carbonyl (C=O) groups excluding carboxylic acids is 1. The minimum absolute atomic E-state index is 0.184. The molecule has 0 aromatic heterocycles. The molecule has 0 saturated carbocycles. The highest BCUT2D eigenvalue weighted by Crippen LogP contribution is 2.27. The van der Waals surface area contributed by atoms with Crippen molar-refractivity contribution in [1.82, 2.24) is 5.32 Å². The average molecular weight is 307 g/mol. The zero-order valence-electron chi connectivity index (χ0n) is 8.11. The fourth-order valence-electron chi connectivity index (χ4n) is 1.26. The van der Waals surface area contributed by atoms with Crippen LogP contribution in [-0.4, -0.2) is 17.5 Å². The molecule has 86 valence electrons. The van der Waals surface area contributed by atoms with Crippen molar-refractivity contribution in [3.63, 3.8) is 0 Å². The van der Waals surface area contributed by atoms with Gasteiger partial charge in [-0.15, -0.1) is 0 Å². The third-order valence-electron chi connectivity index (χ3n) is 1.99. The van der Waals surface area contributed by atoms with E-state index in [0.29, 0.717) is 17.0 Å². The maximum Gasteiger partial charge on any atom is 0.305 e. The Morgan fingerprint density at radius 1 is 1.62 bits per heavy atom. The van der Waals surface area contributed by atoms with Gasteiger partial charge in [-0.2, -0.15) is 0 Å². The highest BCUT2D eigenvalue weighted by atomic mass is 79.9. The average Bonchev–Trinajstić information content (AvgIpc) is 2.21. The number of aliphatic carboxylic acids is 1. The number of carbonyl (C=O) groups is 2. The van der Waals surface area contributed by atoms with Crippen molar-refractivity contribution < 1.29 is 14.7 Å². The van der Waals surface area contributed by atoms with E-state index in [-0.39, 0.29) is 6.42 Å². The van der Waals surface area contributed by atoms with Gasteiger partial charge >= 0.3 is 5.97 Å². The van der Waals surface area contributed by atoms with Gasteiger partial charge in [-0.1, -0.05) is 17.7 Å². The molecular formula is C10H9BrClNO3. The highest BCUT2D eigenvalue weighted by molar-refractivity contribution is 9.10. The monoisotopic (exact) mass is 305 g/mol. The van der Waals surface area contributed by atoms with Crippen LogP contribution in [0.15, 0.2) is 22.7 Å². The quantitative estimate of drug-likeness (QED) is 0.821. The van der Waals surface area contributed by atoms with Gasteiger partial charge in [-0.25, -0.2) is 0 Å². The summed E-state index contributed by atoms with van der Waals surface area (Å²) in [6.07, 6.45) is 0.292. The number of halogens is 2. The van der Waals surface area contributed by atoms with Gasteiger partial charge in [-0.05, 0) is 33.6 Å². The summed E-state index contributed by atoms with van der Waals surface area (Å²) in [6, 6.07) is 4.47. The van der Waals surface area contributed by atoms with E-state index in [2.05, 4.69) is 21.2 Å². The van der Waals surface area contributed by atoms with Crippen LogP contribution < -0.4 is 5.32 Å². The molecule has 1 amide bonds. The minimum Gasteiger partial charge on any atom is -0.481 e. The normalized spacial score (nSPS) is 11.9. The van der Waals surface area contributed by atoms with Crippen molar-refractivity contribution in [2.75, 3.05) is 0 Å². The lowest BCUT2D eigenvalue weighted by Crippen LogP contribution is -2.22. The summed E-state index contributed by atoms with van der Waals surface area (Å²) >= 11 is 9.11. The third-order valence-corrected chi connectivity index (χ3v) is 3.23. The van der Waals surface area contributed by atoms with Gasteiger partial charge in [0.05, 0.1) is 17.5 Å². The van der Waals surface area contributed by atoms with E-state index < -0.39 is 12.0 Å². The van der Waals surface area contributed by atoms with Crippen molar-refractivity contribution >= 4 is 39.9 Å². The van der Waals surface area contributed by atoms with Gasteiger partial charge in [0.15, 0.2) is 0 Å². The van der Waals surface area contributed by atoms with E-state index in [0.717, 1.165) is 4.47 Å². The zero-order valence-corrected chi connectivity index (χ0v) is 10.5. The molecule has 0 heterocycles. The largest absolute Gasteiger partial charge is 0.481 e. The predicted molar refractivity (Wildman–Crippen MR) is 63.3 cm³/mol. The standard InChI is InChI=1S/C10H9BrClNO3/c11-7-2-1-6(3-8(7)12)9(13-5-14)4-10(15)16/h1-3,5,9H,4H2,(H,13,14)(H,15,16)/t9-/m1/s1. The van der Waals surface area contributed by atoms with Gasteiger partial charge in [0.1, 0.15) is 0 Å². The zero-order chi connectivity index (χ0) is 12.1. The molecule has 2 N–H and O–H groups in total. The predicted octanol–water partition coefficient (Wildman–Crippen LogP) is 2.36. The van der Waals surface area contributed by atoms with Gasteiger partial charge < -0.3 is 10.4 Å².